The monoisotopic (exact) mass is 170 g/mol. The molecule has 58 valence electrons. The molecule has 0 amide bonds. The third-order valence-electron chi connectivity index (χ3n) is 1.07. The lowest BCUT2D eigenvalue weighted by Gasteiger charge is -1.85. The van der Waals surface area contributed by atoms with Crippen LogP contribution in [0.5, 0.6) is 0 Å². The molecule has 0 atom stereocenters. The van der Waals surface area contributed by atoms with Crippen molar-refractivity contribution in [2.24, 2.45) is 0 Å². The molecular weight excluding hydrogens is 164 g/mol. The summed E-state index contributed by atoms with van der Waals surface area (Å²) >= 11 is 1.33. The number of nitrogens with one attached hydrogen (secondary N) is 1. The number of rotatable bonds is 2. The Morgan fingerprint density at radius 3 is 3.09 bits per heavy atom. The smallest absolute Gasteiger partial charge is 0.284 e. The van der Waals surface area contributed by atoms with E-state index in [0.717, 1.165) is 4.68 Å². The van der Waals surface area contributed by atoms with E-state index < -0.39 is 0 Å². The van der Waals surface area contributed by atoms with Crippen LogP contribution in [0.4, 0.5) is 0 Å². The molecule has 1 rings (SSSR count). The molecule has 0 spiro atoms. The van der Waals surface area contributed by atoms with Crippen molar-refractivity contribution >= 4 is 11.8 Å². The summed E-state index contributed by atoms with van der Waals surface area (Å²) in [6.07, 6.45) is 1.80. The van der Waals surface area contributed by atoms with Gasteiger partial charge in [-0.2, -0.15) is 9.94 Å². The summed E-state index contributed by atoms with van der Waals surface area (Å²) in [6, 6.07) is 1.83. The van der Waals surface area contributed by atoms with E-state index in [9.17, 15) is 4.79 Å². The maximum atomic E-state index is 10.9. The lowest BCUT2D eigenvalue weighted by atomic mass is 10.7. The van der Waals surface area contributed by atoms with E-state index in [1.54, 1.807) is 6.26 Å². The van der Waals surface area contributed by atoms with Gasteiger partial charge in [-0.1, -0.05) is 11.8 Å². The van der Waals surface area contributed by atoms with Gasteiger partial charge in [0, 0.05) is 0 Å². The van der Waals surface area contributed by atoms with Crippen molar-refractivity contribution in [3.63, 3.8) is 0 Å². The number of aromatic amines is 1. The summed E-state index contributed by atoms with van der Waals surface area (Å²) in [5.41, 5.74) is -0.337. The highest BCUT2D eigenvalue weighted by atomic mass is 32.2. The molecule has 0 radical (unpaired) electrons. The molecule has 1 aromatic heterocycles. The molecule has 1 N–H and O–H groups in total. The average molecular weight is 170 g/mol. The van der Waals surface area contributed by atoms with Crippen LogP contribution in [0.25, 0.3) is 0 Å². The summed E-state index contributed by atoms with van der Waals surface area (Å²) in [5, 5.41) is 12.6. The van der Waals surface area contributed by atoms with Crippen molar-refractivity contribution in [3.8, 4) is 6.07 Å². The minimum atomic E-state index is -0.337. The van der Waals surface area contributed by atoms with Crippen LogP contribution in [0.3, 0.4) is 0 Å². The lowest BCUT2D eigenvalue weighted by Crippen LogP contribution is -2.17. The van der Waals surface area contributed by atoms with Gasteiger partial charge in [0.05, 0.1) is 6.07 Å². The van der Waals surface area contributed by atoms with E-state index in [4.69, 9.17) is 5.26 Å². The number of hydrogen-bond donors (Lipinski definition) is 1. The van der Waals surface area contributed by atoms with Gasteiger partial charge in [0.25, 0.3) is 0 Å². The third-order valence-corrected chi connectivity index (χ3v) is 1.64. The van der Waals surface area contributed by atoms with E-state index in [1.807, 2.05) is 6.07 Å². The first kappa shape index (κ1) is 7.88. The van der Waals surface area contributed by atoms with Gasteiger partial charge >= 0.3 is 5.69 Å². The molecule has 1 heterocycles. The molecule has 6 heteroatoms. The molecule has 0 fully saturated rings. The van der Waals surface area contributed by atoms with Gasteiger partial charge < -0.3 is 0 Å². The van der Waals surface area contributed by atoms with Crippen LogP contribution in [0, 0.1) is 11.3 Å². The normalized spacial score (nSPS) is 9.45. The van der Waals surface area contributed by atoms with Crippen molar-refractivity contribution in [2.75, 3.05) is 6.26 Å². The van der Waals surface area contributed by atoms with Crippen LogP contribution < -0.4 is 5.69 Å². The average Bonchev–Trinajstić information content (AvgIpc) is 2.33. The van der Waals surface area contributed by atoms with Crippen LogP contribution in [0.15, 0.2) is 9.95 Å². The van der Waals surface area contributed by atoms with E-state index in [-0.39, 0.29) is 12.2 Å². The molecule has 0 saturated heterocycles. The predicted molar refractivity (Wildman–Crippen MR) is 40.2 cm³/mol. The Balaban J connectivity index is 3.00. The van der Waals surface area contributed by atoms with Gasteiger partial charge in [0.15, 0.2) is 5.16 Å². The van der Waals surface area contributed by atoms with Gasteiger partial charge in [-0.05, 0) is 6.26 Å². The Morgan fingerprint density at radius 2 is 2.64 bits per heavy atom. The predicted octanol–water partition coefficient (Wildman–Crippen LogP) is -0.183. The molecular formula is C5H6N4OS. The van der Waals surface area contributed by atoms with E-state index >= 15 is 0 Å². The van der Waals surface area contributed by atoms with Crippen molar-refractivity contribution < 1.29 is 0 Å². The zero-order valence-corrected chi connectivity index (χ0v) is 6.68. The summed E-state index contributed by atoms with van der Waals surface area (Å²) in [5.74, 6) is 0. The standard InChI is InChI=1S/C5H6N4OS/c1-11-4-7-5(10)9(8-4)3-2-6/h3H2,1H3,(H,7,8,10). The maximum absolute atomic E-state index is 10.9. The number of thioether (sulfide) groups is 1. The van der Waals surface area contributed by atoms with Crippen LogP contribution in [0.2, 0.25) is 0 Å². The van der Waals surface area contributed by atoms with E-state index in [1.165, 1.54) is 11.8 Å². The topological polar surface area (TPSA) is 74.5 Å². The number of aromatic nitrogens is 3. The second-order valence-electron chi connectivity index (χ2n) is 1.76. The highest BCUT2D eigenvalue weighted by molar-refractivity contribution is 7.98. The fraction of sp³-hybridized carbons (Fsp3) is 0.400. The summed E-state index contributed by atoms with van der Waals surface area (Å²) in [7, 11) is 0. The Bertz CT molecular complexity index is 333. The van der Waals surface area contributed by atoms with Gasteiger partial charge in [0.1, 0.15) is 6.54 Å². The van der Waals surface area contributed by atoms with Crippen molar-refractivity contribution in [2.45, 2.75) is 11.7 Å². The van der Waals surface area contributed by atoms with Gasteiger partial charge in [-0.3, -0.25) is 4.98 Å². The molecule has 1 aromatic rings. The summed E-state index contributed by atoms with van der Waals surface area (Å²) in [6.45, 7) is -0.00407. The maximum Gasteiger partial charge on any atom is 0.344 e. The Morgan fingerprint density at radius 1 is 1.91 bits per heavy atom. The molecule has 5 nitrogen and oxygen atoms in total. The van der Waals surface area contributed by atoms with Crippen molar-refractivity contribution in [1.82, 2.24) is 14.8 Å². The van der Waals surface area contributed by atoms with Crippen LogP contribution in [-0.2, 0) is 6.54 Å². The molecule has 0 unspecified atom stereocenters. The quantitative estimate of drug-likeness (QED) is 0.624. The number of H-pyrrole nitrogens is 1. The SMILES string of the molecule is CSc1nn(CC#N)c(=O)[nH]1. The van der Waals surface area contributed by atoms with Crippen LogP contribution in [-0.4, -0.2) is 21.0 Å². The van der Waals surface area contributed by atoms with E-state index in [0.29, 0.717) is 5.16 Å². The van der Waals surface area contributed by atoms with Crippen LogP contribution in [0.1, 0.15) is 0 Å². The van der Waals surface area contributed by atoms with Crippen LogP contribution >= 0.6 is 11.8 Å². The molecule has 0 aliphatic rings. The minimum absolute atomic E-state index is 0.00407. The Hall–Kier alpha value is -1.22. The minimum Gasteiger partial charge on any atom is -0.284 e. The fourth-order valence-corrected chi connectivity index (χ4v) is 0.972. The summed E-state index contributed by atoms with van der Waals surface area (Å²) in [4.78, 5) is 13.4. The molecule has 11 heavy (non-hydrogen) atoms. The van der Waals surface area contributed by atoms with E-state index in [2.05, 4.69) is 10.1 Å². The van der Waals surface area contributed by atoms with Gasteiger partial charge in [-0.25, -0.2) is 4.79 Å². The molecule has 0 bridgehead atoms. The Labute approximate surface area is 67.0 Å². The zero-order chi connectivity index (χ0) is 8.27. The molecule has 0 aromatic carbocycles. The van der Waals surface area contributed by atoms with Gasteiger partial charge in [-0.15, -0.1) is 5.10 Å². The molecule has 0 aliphatic carbocycles. The second kappa shape index (κ2) is 3.25. The first-order valence-corrected chi connectivity index (χ1v) is 4.08. The summed E-state index contributed by atoms with van der Waals surface area (Å²) < 4.78 is 1.09. The number of nitrogens with zero attached hydrogens (tertiary/aromatic N) is 3. The van der Waals surface area contributed by atoms with Crippen molar-refractivity contribution in [3.05, 3.63) is 10.5 Å². The Kier molecular flexibility index (Phi) is 2.33. The van der Waals surface area contributed by atoms with Gasteiger partial charge in [0.2, 0.25) is 0 Å². The first-order valence-electron chi connectivity index (χ1n) is 2.86. The zero-order valence-electron chi connectivity index (χ0n) is 5.87. The molecule has 0 saturated carbocycles. The second-order valence-corrected chi connectivity index (χ2v) is 2.55. The number of nitriles is 1. The third kappa shape index (κ3) is 1.62. The largest absolute Gasteiger partial charge is 0.344 e. The lowest BCUT2D eigenvalue weighted by molar-refractivity contribution is 0.665. The highest BCUT2D eigenvalue weighted by Crippen LogP contribution is 2.02. The number of hydrogen-bond acceptors (Lipinski definition) is 4. The van der Waals surface area contributed by atoms with Crippen molar-refractivity contribution in [1.29, 1.82) is 5.26 Å². The molecule has 0 aliphatic heterocycles. The first-order chi connectivity index (χ1) is 5.27. The fourth-order valence-electron chi connectivity index (χ4n) is 0.602. The highest BCUT2D eigenvalue weighted by Gasteiger charge is 2.01.